The number of ether oxygens (including phenoxy) is 2. The largest absolute Gasteiger partial charge is 0.495 e. The monoisotopic (exact) mass is 356 g/mol. The lowest BCUT2D eigenvalue weighted by Crippen LogP contribution is -2.22. The molecule has 6 nitrogen and oxygen atoms in total. The Morgan fingerprint density at radius 1 is 1.12 bits per heavy atom. The molecule has 0 radical (unpaired) electrons. The van der Waals surface area contributed by atoms with E-state index in [9.17, 15) is 9.59 Å². The van der Waals surface area contributed by atoms with Crippen molar-refractivity contribution >= 4 is 28.6 Å². The van der Waals surface area contributed by atoms with E-state index in [1.54, 1.807) is 37.4 Å². The first kappa shape index (κ1) is 17.0. The fourth-order valence-corrected chi connectivity index (χ4v) is 3.26. The summed E-state index contributed by atoms with van der Waals surface area (Å²) < 4.78 is 11.5. The maximum absolute atomic E-state index is 13.1. The number of hydrogen-bond acceptors (Lipinski definition) is 6. The zero-order valence-electron chi connectivity index (χ0n) is 13.8. The number of thioether (sulfide) groups is 1. The predicted molar refractivity (Wildman–Crippen MR) is 96.6 cm³/mol. The Kier molecular flexibility index (Phi) is 5.04. The van der Waals surface area contributed by atoms with E-state index >= 15 is 0 Å². The van der Waals surface area contributed by atoms with Crippen LogP contribution < -0.4 is 10.3 Å². The molecule has 128 valence electrons. The normalized spacial score (nSPS) is 10.6. The smallest absolute Gasteiger partial charge is 0.316 e. The Hall–Kier alpha value is -2.80. The number of aromatic nitrogens is 2. The number of esters is 1. The summed E-state index contributed by atoms with van der Waals surface area (Å²) in [4.78, 5) is 29.1. The van der Waals surface area contributed by atoms with E-state index in [0.29, 0.717) is 27.5 Å². The van der Waals surface area contributed by atoms with Crippen molar-refractivity contribution in [1.82, 2.24) is 9.55 Å². The fraction of sp³-hybridized carbons (Fsp3) is 0.167. The summed E-state index contributed by atoms with van der Waals surface area (Å²) in [5.41, 5.74) is 0.925. The molecule has 0 unspecified atom stereocenters. The molecule has 0 atom stereocenters. The molecule has 2 aromatic carbocycles. The number of rotatable bonds is 5. The van der Waals surface area contributed by atoms with Gasteiger partial charge < -0.3 is 9.47 Å². The number of fused-ring (bicyclic) bond motifs is 1. The van der Waals surface area contributed by atoms with Crippen LogP contribution in [0.15, 0.2) is 58.5 Å². The Morgan fingerprint density at radius 2 is 1.84 bits per heavy atom. The number of carbonyl (C=O) groups is 1. The molecule has 3 aromatic rings. The molecule has 0 saturated carbocycles. The van der Waals surface area contributed by atoms with Gasteiger partial charge in [0, 0.05) is 0 Å². The summed E-state index contributed by atoms with van der Waals surface area (Å²) in [6.07, 6.45) is 0. The average molecular weight is 356 g/mol. The van der Waals surface area contributed by atoms with Crippen LogP contribution in [-0.2, 0) is 9.53 Å². The highest BCUT2D eigenvalue weighted by Crippen LogP contribution is 2.27. The topological polar surface area (TPSA) is 70.4 Å². The first-order valence-electron chi connectivity index (χ1n) is 7.50. The van der Waals surface area contributed by atoms with Gasteiger partial charge in [0.25, 0.3) is 5.56 Å². The van der Waals surface area contributed by atoms with Crippen LogP contribution in [0.4, 0.5) is 0 Å². The lowest BCUT2D eigenvalue weighted by atomic mass is 10.2. The SMILES string of the molecule is COC(=O)CSc1nc2ccccc2c(=O)n1-c1ccccc1OC. The van der Waals surface area contributed by atoms with Crippen LogP contribution in [0.2, 0.25) is 0 Å². The third kappa shape index (κ3) is 3.36. The molecule has 1 heterocycles. The van der Waals surface area contributed by atoms with Gasteiger partial charge in [-0.25, -0.2) is 4.98 Å². The van der Waals surface area contributed by atoms with Crippen LogP contribution in [0.25, 0.3) is 16.6 Å². The highest BCUT2D eigenvalue weighted by atomic mass is 32.2. The van der Waals surface area contributed by atoms with Gasteiger partial charge in [-0.1, -0.05) is 36.0 Å². The van der Waals surface area contributed by atoms with E-state index in [1.165, 1.54) is 11.7 Å². The minimum Gasteiger partial charge on any atom is -0.495 e. The summed E-state index contributed by atoms with van der Waals surface area (Å²) in [5.74, 6) is 0.205. The molecule has 0 aliphatic carbocycles. The Labute approximate surface area is 148 Å². The third-order valence-electron chi connectivity index (χ3n) is 3.62. The Bertz CT molecular complexity index is 984. The molecule has 0 bridgehead atoms. The number of hydrogen-bond donors (Lipinski definition) is 0. The molecule has 0 amide bonds. The van der Waals surface area contributed by atoms with E-state index in [4.69, 9.17) is 4.74 Å². The number of nitrogens with zero attached hydrogens (tertiary/aromatic N) is 2. The standard InChI is InChI=1S/C18H16N2O4S/c1-23-15-10-6-5-9-14(15)20-17(22)12-7-3-4-8-13(12)19-18(20)25-11-16(21)24-2/h3-10H,11H2,1-2H3. The van der Waals surface area contributed by atoms with Crippen LogP contribution in [0, 0.1) is 0 Å². The van der Waals surface area contributed by atoms with E-state index in [2.05, 4.69) is 9.72 Å². The molecule has 0 fully saturated rings. The Balaban J connectivity index is 2.25. The third-order valence-corrected chi connectivity index (χ3v) is 4.53. The van der Waals surface area contributed by atoms with Crippen molar-refractivity contribution in [2.75, 3.05) is 20.0 Å². The van der Waals surface area contributed by atoms with E-state index in [-0.39, 0.29) is 17.3 Å². The van der Waals surface area contributed by atoms with Gasteiger partial charge in [-0.05, 0) is 24.3 Å². The molecular formula is C18H16N2O4S. The van der Waals surface area contributed by atoms with Gasteiger partial charge >= 0.3 is 5.97 Å². The summed E-state index contributed by atoms with van der Waals surface area (Å²) >= 11 is 1.14. The van der Waals surface area contributed by atoms with Crippen LogP contribution >= 0.6 is 11.8 Å². The zero-order valence-corrected chi connectivity index (χ0v) is 14.6. The number of benzene rings is 2. The van der Waals surface area contributed by atoms with Gasteiger partial charge in [-0.2, -0.15) is 0 Å². The minimum absolute atomic E-state index is 0.0520. The summed E-state index contributed by atoms with van der Waals surface area (Å²) in [7, 11) is 2.86. The summed E-state index contributed by atoms with van der Waals surface area (Å²) in [6, 6.07) is 14.3. The molecule has 0 N–H and O–H groups in total. The molecule has 0 aliphatic rings. The predicted octanol–water partition coefficient (Wildman–Crippen LogP) is 2.66. The maximum Gasteiger partial charge on any atom is 0.316 e. The van der Waals surface area contributed by atoms with Crippen molar-refractivity contribution in [3.8, 4) is 11.4 Å². The first-order chi connectivity index (χ1) is 12.2. The first-order valence-corrected chi connectivity index (χ1v) is 8.49. The van der Waals surface area contributed by atoms with Gasteiger partial charge in [0.15, 0.2) is 5.16 Å². The second-order valence-corrected chi connectivity index (χ2v) is 6.03. The van der Waals surface area contributed by atoms with Crippen LogP contribution in [0.5, 0.6) is 5.75 Å². The molecule has 1 aromatic heterocycles. The zero-order chi connectivity index (χ0) is 17.8. The molecule has 0 spiro atoms. The lowest BCUT2D eigenvalue weighted by Gasteiger charge is -2.15. The van der Waals surface area contributed by atoms with E-state index in [1.807, 2.05) is 18.2 Å². The van der Waals surface area contributed by atoms with Crippen molar-refractivity contribution in [3.63, 3.8) is 0 Å². The van der Waals surface area contributed by atoms with Gasteiger partial charge in [0.05, 0.1) is 36.6 Å². The summed E-state index contributed by atoms with van der Waals surface area (Å²) in [5, 5.41) is 0.898. The van der Waals surface area contributed by atoms with Gasteiger partial charge in [-0.3, -0.25) is 14.2 Å². The van der Waals surface area contributed by atoms with Crippen molar-refractivity contribution in [1.29, 1.82) is 0 Å². The van der Waals surface area contributed by atoms with Crippen molar-refractivity contribution in [2.45, 2.75) is 5.16 Å². The molecule has 0 saturated heterocycles. The van der Waals surface area contributed by atoms with Crippen LogP contribution in [0.3, 0.4) is 0 Å². The highest BCUT2D eigenvalue weighted by molar-refractivity contribution is 7.99. The summed E-state index contributed by atoms with van der Waals surface area (Å²) in [6.45, 7) is 0. The minimum atomic E-state index is -0.390. The Morgan fingerprint density at radius 3 is 2.60 bits per heavy atom. The second kappa shape index (κ2) is 7.40. The molecule has 3 rings (SSSR count). The molecule has 25 heavy (non-hydrogen) atoms. The number of carbonyl (C=O) groups excluding carboxylic acids is 1. The van der Waals surface area contributed by atoms with Gasteiger partial charge in [0.2, 0.25) is 0 Å². The molecule has 7 heteroatoms. The van der Waals surface area contributed by atoms with Gasteiger partial charge in [-0.15, -0.1) is 0 Å². The van der Waals surface area contributed by atoms with Crippen LogP contribution in [-0.4, -0.2) is 35.5 Å². The van der Waals surface area contributed by atoms with E-state index in [0.717, 1.165) is 11.8 Å². The number of para-hydroxylation sites is 3. The highest BCUT2D eigenvalue weighted by Gasteiger charge is 2.17. The molecule has 0 aliphatic heterocycles. The average Bonchev–Trinajstić information content (AvgIpc) is 2.66. The lowest BCUT2D eigenvalue weighted by molar-refractivity contribution is -0.137. The molecular weight excluding hydrogens is 340 g/mol. The van der Waals surface area contributed by atoms with Crippen molar-refractivity contribution in [2.24, 2.45) is 0 Å². The second-order valence-electron chi connectivity index (χ2n) is 5.09. The van der Waals surface area contributed by atoms with E-state index < -0.39 is 0 Å². The van der Waals surface area contributed by atoms with Crippen molar-refractivity contribution < 1.29 is 14.3 Å². The number of methoxy groups -OCH3 is 2. The van der Waals surface area contributed by atoms with Crippen LogP contribution in [0.1, 0.15) is 0 Å². The maximum atomic E-state index is 13.1. The fourth-order valence-electron chi connectivity index (χ4n) is 2.42. The van der Waals surface area contributed by atoms with Gasteiger partial charge in [0.1, 0.15) is 5.75 Å². The quantitative estimate of drug-likeness (QED) is 0.398. The van der Waals surface area contributed by atoms with Crippen molar-refractivity contribution in [3.05, 3.63) is 58.9 Å².